The van der Waals surface area contributed by atoms with E-state index in [0.29, 0.717) is 18.1 Å². The highest BCUT2D eigenvalue weighted by molar-refractivity contribution is 5.71. The van der Waals surface area contributed by atoms with Gasteiger partial charge in [-0.25, -0.2) is 0 Å². The molecule has 0 spiro atoms. The van der Waals surface area contributed by atoms with Crippen LogP contribution < -0.4 is 10.6 Å². The number of nitrogens with zero attached hydrogens (tertiary/aromatic N) is 1. The van der Waals surface area contributed by atoms with Gasteiger partial charge < -0.3 is 20.5 Å². The fourth-order valence-electron chi connectivity index (χ4n) is 3.95. The molecule has 26 heavy (non-hydrogen) atoms. The van der Waals surface area contributed by atoms with Crippen LogP contribution in [0, 0.1) is 5.92 Å². The molecule has 0 bridgehead atoms. The largest absolute Gasteiger partial charge is 0.481 e. The van der Waals surface area contributed by atoms with E-state index in [1.807, 2.05) is 19.1 Å². The van der Waals surface area contributed by atoms with Crippen LogP contribution in [-0.4, -0.2) is 36.9 Å². The Labute approximate surface area is 157 Å². The summed E-state index contributed by atoms with van der Waals surface area (Å²) in [6, 6.07) is 6.55. The molecule has 3 N–H and O–H groups in total. The first-order chi connectivity index (χ1) is 12.3. The lowest BCUT2D eigenvalue weighted by Gasteiger charge is -2.39. The highest BCUT2D eigenvalue weighted by atomic mass is 16.5. The summed E-state index contributed by atoms with van der Waals surface area (Å²) in [5.74, 6) is -0.281. The zero-order valence-corrected chi connectivity index (χ0v) is 16.6. The van der Waals surface area contributed by atoms with Crippen molar-refractivity contribution in [2.24, 2.45) is 5.92 Å². The van der Waals surface area contributed by atoms with Gasteiger partial charge >= 0.3 is 5.97 Å². The Morgan fingerprint density at radius 3 is 2.42 bits per heavy atom. The molecule has 5 heteroatoms. The first kappa shape index (κ1) is 20.6. The molecular formula is C21H34N2O3. The topological polar surface area (TPSA) is 75.8 Å². The van der Waals surface area contributed by atoms with Crippen molar-refractivity contribution in [1.29, 1.82) is 0 Å². The molecular weight excluding hydrogens is 328 g/mol. The molecule has 1 aliphatic carbocycles. The number of nitrogen functional groups attached to an aromatic ring is 1. The van der Waals surface area contributed by atoms with Gasteiger partial charge in [0, 0.05) is 19.7 Å². The van der Waals surface area contributed by atoms with Gasteiger partial charge in [-0.1, -0.05) is 26.8 Å². The lowest BCUT2D eigenvalue weighted by atomic mass is 9.90. The number of aliphatic carboxylic acids is 1. The monoisotopic (exact) mass is 362 g/mol. The fraction of sp³-hybridized carbons (Fsp3) is 0.667. The van der Waals surface area contributed by atoms with Crippen molar-refractivity contribution in [3.8, 4) is 0 Å². The lowest BCUT2D eigenvalue weighted by Crippen LogP contribution is -2.42. The Kier molecular flexibility index (Phi) is 7.33. The minimum absolute atomic E-state index is 0.0421. The standard InChI is InChI=1S/C21H34N2O3/c1-14(2)13-23(17-6-8-18(26-4)9-7-17)20-10-5-16(12-19(20)22)15(3)11-21(24)25/h5,10,12,14-15,17-18H,6-9,11,13,22H2,1-4H3,(H,24,25). The second kappa shape index (κ2) is 9.26. The lowest BCUT2D eigenvalue weighted by molar-refractivity contribution is -0.137. The van der Waals surface area contributed by atoms with E-state index < -0.39 is 5.97 Å². The molecule has 1 aromatic carbocycles. The molecule has 0 aliphatic heterocycles. The predicted molar refractivity (Wildman–Crippen MR) is 107 cm³/mol. The molecule has 1 aromatic rings. The molecule has 0 radical (unpaired) electrons. The summed E-state index contributed by atoms with van der Waals surface area (Å²) in [5.41, 5.74) is 9.22. The summed E-state index contributed by atoms with van der Waals surface area (Å²) in [7, 11) is 1.80. The van der Waals surface area contributed by atoms with Crippen molar-refractivity contribution in [3.63, 3.8) is 0 Å². The summed E-state index contributed by atoms with van der Waals surface area (Å²) < 4.78 is 5.51. The van der Waals surface area contributed by atoms with Crippen molar-refractivity contribution in [1.82, 2.24) is 0 Å². The smallest absolute Gasteiger partial charge is 0.303 e. The van der Waals surface area contributed by atoms with E-state index in [-0.39, 0.29) is 12.3 Å². The minimum atomic E-state index is -0.781. The summed E-state index contributed by atoms with van der Waals surface area (Å²) >= 11 is 0. The third kappa shape index (κ3) is 5.37. The zero-order valence-electron chi connectivity index (χ0n) is 16.6. The number of anilines is 2. The van der Waals surface area contributed by atoms with Crippen LogP contribution in [0.15, 0.2) is 18.2 Å². The van der Waals surface area contributed by atoms with E-state index in [4.69, 9.17) is 15.6 Å². The molecule has 5 nitrogen and oxygen atoms in total. The fourth-order valence-corrected chi connectivity index (χ4v) is 3.95. The molecule has 0 amide bonds. The van der Waals surface area contributed by atoms with Crippen LogP contribution in [0.1, 0.15) is 64.4 Å². The normalized spacial score (nSPS) is 21.6. The van der Waals surface area contributed by atoms with Crippen LogP contribution in [0.5, 0.6) is 0 Å². The van der Waals surface area contributed by atoms with Gasteiger partial charge in [-0.3, -0.25) is 4.79 Å². The van der Waals surface area contributed by atoms with Gasteiger partial charge in [0.25, 0.3) is 0 Å². The van der Waals surface area contributed by atoms with Crippen LogP contribution in [0.25, 0.3) is 0 Å². The van der Waals surface area contributed by atoms with Crippen molar-refractivity contribution in [3.05, 3.63) is 23.8 Å². The van der Waals surface area contributed by atoms with E-state index in [2.05, 4.69) is 24.8 Å². The van der Waals surface area contributed by atoms with Gasteiger partial charge in [0.05, 0.1) is 23.9 Å². The van der Waals surface area contributed by atoms with E-state index in [9.17, 15) is 4.79 Å². The third-order valence-electron chi connectivity index (χ3n) is 5.39. The molecule has 1 aliphatic rings. The number of methoxy groups -OCH3 is 1. The van der Waals surface area contributed by atoms with E-state index in [1.165, 1.54) is 0 Å². The van der Waals surface area contributed by atoms with Gasteiger partial charge in [-0.2, -0.15) is 0 Å². The van der Waals surface area contributed by atoms with Gasteiger partial charge in [-0.15, -0.1) is 0 Å². The van der Waals surface area contributed by atoms with Gasteiger partial charge in [0.2, 0.25) is 0 Å². The molecule has 0 heterocycles. The number of hydrogen-bond acceptors (Lipinski definition) is 4. The molecule has 1 fully saturated rings. The zero-order chi connectivity index (χ0) is 19.3. The number of benzene rings is 1. The van der Waals surface area contributed by atoms with Crippen LogP contribution in [0.4, 0.5) is 11.4 Å². The van der Waals surface area contributed by atoms with Crippen LogP contribution >= 0.6 is 0 Å². The Bertz CT molecular complexity index is 595. The Morgan fingerprint density at radius 1 is 1.27 bits per heavy atom. The molecule has 1 unspecified atom stereocenters. The van der Waals surface area contributed by atoms with Crippen LogP contribution in [0.3, 0.4) is 0 Å². The maximum Gasteiger partial charge on any atom is 0.303 e. The molecule has 0 saturated heterocycles. The Hall–Kier alpha value is -1.75. The first-order valence-corrected chi connectivity index (χ1v) is 9.72. The van der Waals surface area contributed by atoms with Crippen LogP contribution in [0.2, 0.25) is 0 Å². The molecule has 1 atom stereocenters. The average Bonchev–Trinajstić information content (AvgIpc) is 2.59. The van der Waals surface area contributed by atoms with E-state index in [1.54, 1.807) is 7.11 Å². The van der Waals surface area contributed by atoms with E-state index in [0.717, 1.165) is 49.2 Å². The second-order valence-corrected chi connectivity index (χ2v) is 8.03. The van der Waals surface area contributed by atoms with Crippen molar-refractivity contribution in [2.75, 3.05) is 24.3 Å². The molecule has 146 valence electrons. The number of nitrogens with two attached hydrogens (primary N) is 1. The maximum atomic E-state index is 11.0. The van der Waals surface area contributed by atoms with Gasteiger partial charge in [0.1, 0.15) is 0 Å². The molecule has 2 rings (SSSR count). The van der Waals surface area contributed by atoms with Gasteiger partial charge in [0.15, 0.2) is 0 Å². The first-order valence-electron chi connectivity index (χ1n) is 9.72. The summed E-state index contributed by atoms with van der Waals surface area (Å²) in [4.78, 5) is 13.4. The summed E-state index contributed by atoms with van der Waals surface area (Å²) in [6.45, 7) is 7.36. The highest BCUT2D eigenvalue weighted by Crippen LogP contribution is 2.34. The van der Waals surface area contributed by atoms with Crippen molar-refractivity contribution < 1.29 is 14.6 Å². The maximum absolute atomic E-state index is 11.0. The number of ether oxygens (including phenoxy) is 1. The van der Waals surface area contributed by atoms with E-state index >= 15 is 0 Å². The number of rotatable bonds is 8. The average molecular weight is 363 g/mol. The second-order valence-electron chi connectivity index (χ2n) is 8.03. The van der Waals surface area contributed by atoms with Crippen molar-refractivity contribution in [2.45, 2.75) is 70.9 Å². The summed E-state index contributed by atoms with van der Waals surface area (Å²) in [6.07, 6.45) is 4.90. The molecule has 0 aromatic heterocycles. The summed E-state index contributed by atoms with van der Waals surface area (Å²) in [5, 5.41) is 9.02. The Morgan fingerprint density at radius 2 is 1.92 bits per heavy atom. The highest BCUT2D eigenvalue weighted by Gasteiger charge is 2.27. The van der Waals surface area contributed by atoms with Crippen LogP contribution in [-0.2, 0) is 9.53 Å². The third-order valence-corrected chi connectivity index (χ3v) is 5.39. The predicted octanol–water partition coefficient (Wildman–Crippen LogP) is 4.27. The quantitative estimate of drug-likeness (QED) is 0.676. The van der Waals surface area contributed by atoms with Crippen molar-refractivity contribution >= 4 is 17.3 Å². The number of carbonyl (C=O) groups is 1. The Balaban J connectivity index is 2.21. The number of carboxylic acids is 1. The number of carboxylic acid groups (broad SMARTS) is 1. The van der Waals surface area contributed by atoms with Gasteiger partial charge in [-0.05, 0) is 55.2 Å². The SMILES string of the molecule is COC1CCC(N(CC(C)C)c2ccc(C(C)CC(=O)O)cc2N)CC1. The molecule has 1 saturated carbocycles. The minimum Gasteiger partial charge on any atom is -0.481 e. The number of hydrogen-bond donors (Lipinski definition) is 2.